The van der Waals surface area contributed by atoms with Crippen LogP contribution in [0.2, 0.25) is 0 Å². The van der Waals surface area contributed by atoms with Crippen LogP contribution in [0.25, 0.3) is 0 Å². The van der Waals surface area contributed by atoms with Gasteiger partial charge >= 0.3 is 5.97 Å². The first-order valence-corrected chi connectivity index (χ1v) is 7.72. The molecule has 0 saturated carbocycles. The Morgan fingerprint density at radius 1 is 1.14 bits per heavy atom. The molecule has 22 heavy (non-hydrogen) atoms. The van der Waals surface area contributed by atoms with Crippen molar-refractivity contribution in [3.05, 3.63) is 24.3 Å². The average Bonchev–Trinajstić information content (AvgIpc) is 2.34. The molecule has 0 aromatic carbocycles. The summed E-state index contributed by atoms with van der Waals surface area (Å²) in [5.74, 6) is -0.429. The maximum atomic E-state index is 11.5. The smallest absolute Gasteiger partial charge is 0.333 e. The van der Waals surface area contributed by atoms with E-state index in [9.17, 15) is 15.0 Å². The van der Waals surface area contributed by atoms with Gasteiger partial charge in [0.1, 0.15) is 0 Å². The number of ether oxygens (including phenoxy) is 1. The Hall–Kier alpha value is -1.13. The van der Waals surface area contributed by atoms with Crippen molar-refractivity contribution in [3.63, 3.8) is 0 Å². The fourth-order valence-electron chi connectivity index (χ4n) is 2.43. The quantitative estimate of drug-likeness (QED) is 0.389. The molecule has 1 atom stereocenters. The largest absolute Gasteiger partial charge is 0.462 e. The molecule has 0 aromatic heterocycles. The molecule has 0 amide bonds. The van der Waals surface area contributed by atoms with Crippen LogP contribution in [0.4, 0.5) is 0 Å². The Morgan fingerprint density at radius 2 is 1.64 bits per heavy atom. The summed E-state index contributed by atoms with van der Waals surface area (Å²) in [5.41, 5.74) is -1.53. The first-order chi connectivity index (χ1) is 9.77. The highest BCUT2D eigenvalue weighted by atomic mass is 16.5. The third-order valence-corrected chi connectivity index (χ3v) is 4.55. The fraction of sp³-hybridized carbons (Fsp3) is 0.722. The number of rotatable bonds is 9. The SMILES string of the molecule is C=C(C)C(=O)OCCC(CC)(CC(=C)C(C)(C)O)C(C)(C)O. The number of hydrogen-bond acceptors (Lipinski definition) is 4. The fourth-order valence-corrected chi connectivity index (χ4v) is 2.43. The Labute approximate surface area is 134 Å². The molecule has 2 N–H and O–H groups in total. The lowest BCUT2D eigenvalue weighted by atomic mass is 9.64. The van der Waals surface area contributed by atoms with Crippen molar-refractivity contribution in [2.45, 2.75) is 72.0 Å². The molecule has 4 nitrogen and oxygen atoms in total. The van der Waals surface area contributed by atoms with E-state index in [1.165, 1.54) is 0 Å². The first-order valence-electron chi connectivity index (χ1n) is 7.72. The van der Waals surface area contributed by atoms with Crippen LogP contribution in [0.15, 0.2) is 24.3 Å². The molecular weight excluding hydrogens is 280 g/mol. The normalized spacial score (nSPS) is 15.1. The minimum atomic E-state index is -1.01. The summed E-state index contributed by atoms with van der Waals surface area (Å²) in [6.45, 7) is 18.1. The molecule has 0 fully saturated rings. The molecule has 0 aromatic rings. The van der Waals surface area contributed by atoms with Crippen LogP contribution in [-0.2, 0) is 9.53 Å². The van der Waals surface area contributed by atoms with E-state index in [1.54, 1.807) is 34.6 Å². The summed E-state index contributed by atoms with van der Waals surface area (Å²) in [5, 5.41) is 20.8. The molecule has 0 saturated heterocycles. The van der Waals surface area contributed by atoms with E-state index in [0.717, 1.165) is 0 Å². The summed E-state index contributed by atoms with van der Waals surface area (Å²) in [7, 11) is 0. The minimum Gasteiger partial charge on any atom is -0.462 e. The summed E-state index contributed by atoms with van der Waals surface area (Å²) in [4.78, 5) is 11.5. The van der Waals surface area contributed by atoms with Crippen LogP contribution in [-0.4, -0.2) is 34.0 Å². The van der Waals surface area contributed by atoms with Gasteiger partial charge in [-0.25, -0.2) is 4.79 Å². The Bertz CT molecular complexity index is 423. The predicted molar refractivity (Wildman–Crippen MR) is 89.5 cm³/mol. The highest BCUT2D eigenvalue weighted by molar-refractivity contribution is 5.86. The number of esters is 1. The van der Waals surface area contributed by atoms with Crippen LogP contribution >= 0.6 is 0 Å². The van der Waals surface area contributed by atoms with E-state index in [-0.39, 0.29) is 6.61 Å². The molecule has 128 valence electrons. The molecule has 4 heteroatoms. The summed E-state index contributed by atoms with van der Waals surface area (Å²) >= 11 is 0. The Morgan fingerprint density at radius 3 is 1.95 bits per heavy atom. The van der Waals surface area contributed by atoms with E-state index in [4.69, 9.17) is 4.74 Å². The number of aliphatic hydroxyl groups is 2. The third kappa shape index (κ3) is 5.58. The van der Waals surface area contributed by atoms with Crippen molar-refractivity contribution in [1.82, 2.24) is 0 Å². The van der Waals surface area contributed by atoms with Gasteiger partial charge in [0.25, 0.3) is 0 Å². The average molecular weight is 312 g/mol. The molecule has 0 spiro atoms. The van der Waals surface area contributed by atoms with Crippen molar-refractivity contribution in [3.8, 4) is 0 Å². The van der Waals surface area contributed by atoms with E-state index >= 15 is 0 Å². The maximum Gasteiger partial charge on any atom is 0.333 e. The van der Waals surface area contributed by atoms with Gasteiger partial charge in [0, 0.05) is 11.0 Å². The lowest BCUT2D eigenvalue weighted by Gasteiger charge is -2.45. The molecule has 1 unspecified atom stereocenters. The molecule has 0 aliphatic carbocycles. The monoisotopic (exact) mass is 312 g/mol. The van der Waals surface area contributed by atoms with Gasteiger partial charge in [-0.3, -0.25) is 0 Å². The molecule has 0 radical (unpaired) electrons. The van der Waals surface area contributed by atoms with Gasteiger partial charge < -0.3 is 14.9 Å². The van der Waals surface area contributed by atoms with E-state index < -0.39 is 22.6 Å². The zero-order valence-corrected chi connectivity index (χ0v) is 15.0. The zero-order chi connectivity index (χ0) is 17.8. The van der Waals surface area contributed by atoms with E-state index in [0.29, 0.717) is 30.4 Å². The van der Waals surface area contributed by atoms with Crippen LogP contribution in [0.5, 0.6) is 0 Å². The van der Waals surface area contributed by atoms with Crippen molar-refractivity contribution >= 4 is 5.97 Å². The van der Waals surface area contributed by atoms with Crippen molar-refractivity contribution in [2.24, 2.45) is 5.41 Å². The van der Waals surface area contributed by atoms with Crippen LogP contribution in [0.1, 0.15) is 60.8 Å². The van der Waals surface area contributed by atoms with Crippen LogP contribution < -0.4 is 0 Å². The molecule has 0 heterocycles. The standard InChI is InChI=1S/C18H32O4/c1-9-18(17(7,8)21,12-14(4)16(5,6)20)10-11-22-15(19)13(2)3/h20-21H,2,4,9-12H2,1,3,5-8H3. The lowest BCUT2D eigenvalue weighted by molar-refractivity contribution is -0.142. The van der Waals surface area contributed by atoms with E-state index in [2.05, 4.69) is 13.2 Å². The Balaban J connectivity index is 5.16. The maximum absolute atomic E-state index is 11.5. The second kappa shape index (κ2) is 7.42. The van der Waals surface area contributed by atoms with Gasteiger partial charge in [-0.15, -0.1) is 0 Å². The van der Waals surface area contributed by atoms with Gasteiger partial charge in [-0.1, -0.05) is 20.1 Å². The summed E-state index contributed by atoms with van der Waals surface area (Å²) in [6.07, 6.45) is 1.62. The van der Waals surface area contributed by atoms with Gasteiger partial charge in [-0.2, -0.15) is 0 Å². The van der Waals surface area contributed by atoms with Crippen LogP contribution in [0, 0.1) is 5.41 Å². The summed E-state index contributed by atoms with van der Waals surface area (Å²) in [6, 6.07) is 0. The van der Waals surface area contributed by atoms with Gasteiger partial charge in [0.05, 0.1) is 17.8 Å². The molecule has 0 aliphatic heterocycles. The number of hydrogen-bond donors (Lipinski definition) is 2. The molecule has 0 aliphatic rings. The number of carbonyl (C=O) groups excluding carboxylic acids is 1. The lowest BCUT2D eigenvalue weighted by Crippen LogP contribution is -2.45. The van der Waals surface area contributed by atoms with Gasteiger partial charge in [-0.05, 0) is 59.5 Å². The summed E-state index contributed by atoms with van der Waals surface area (Å²) < 4.78 is 5.18. The highest BCUT2D eigenvalue weighted by Gasteiger charge is 2.44. The highest BCUT2D eigenvalue weighted by Crippen LogP contribution is 2.45. The van der Waals surface area contributed by atoms with Crippen molar-refractivity contribution in [1.29, 1.82) is 0 Å². The van der Waals surface area contributed by atoms with Crippen LogP contribution in [0.3, 0.4) is 0 Å². The van der Waals surface area contributed by atoms with E-state index in [1.807, 2.05) is 6.92 Å². The zero-order valence-electron chi connectivity index (χ0n) is 15.0. The van der Waals surface area contributed by atoms with Gasteiger partial charge in [0.2, 0.25) is 0 Å². The predicted octanol–water partition coefficient (Wildman–Crippen LogP) is 3.38. The molecular formula is C18H32O4. The van der Waals surface area contributed by atoms with Crippen molar-refractivity contribution < 1.29 is 19.7 Å². The second-order valence-electron chi connectivity index (χ2n) is 7.20. The molecule has 0 bridgehead atoms. The van der Waals surface area contributed by atoms with Gasteiger partial charge in [0.15, 0.2) is 0 Å². The first kappa shape index (κ1) is 20.9. The Kier molecular flexibility index (Phi) is 7.04. The minimum absolute atomic E-state index is 0.197. The third-order valence-electron chi connectivity index (χ3n) is 4.55. The molecule has 0 rings (SSSR count). The number of carbonyl (C=O) groups is 1. The van der Waals surface area contributed by atoms with Crippen molar-refractivity contribution in [2.75, 3.05) is 6.61 Å². The second-order valence-corrected chi connectivity index (χ2v) is 7.20. The topological polar surface area (TPSA) is 66.8 Å².